The molecule has 0 radical (unpaired) electrons. The predicted molar refractivity (Wildman–Crippen MR) is 97.6 cm³/mol. The molecule has 3 saturated heterocycles. The Morgan fingerprint density at radius 3 is 2.56 bits per heavy atom. The highest BCUT2D eigenvalue weighted by atomic mass is 16.5. The maximum absolute atomic E-state index is 12.2. The van der Waals surface area contributed by atoms with Crippen molar-refractivity contribution >= 4 is 11.6 Å². The van der Waals surface area contributed by atoms with E-state index >= 15 is 0 Å². The third-order valence-corrected chi connectivity index (χ3v) is 5.74. The molecule has 0 N–H and O–H groups in total. The van der Waals surface area contributed by atoms with Crippen LogP contribution in [0.2, 0.25) is 0 Å². The first-order valence-electron chi connectivity index (χ1n) is 9.54. The lowest BCUT2D eigenvalue weighted by atomic mass is 9.78. The number of carbonyl (C=O) groups excluding carboxylic acids is 1. The smallest absolute Gasteiger partial charge is 0.240 e. The molecule has 4 heterocycles. The van der Waals surface area contributed by atoms with Crippen molar-refractivity contribution in [3.05, 3.63) is 29.8 Å². The molecule has 5 nitrogen and oxygen atoms in total. The van der Waals surface area contributed by atoms with Crippen LogP contribution in [0.1, 0.15) is 51.1 Å². The van der Waals surface area contributed by atoms with Gasteiger partial charge < -0.3 is 4.74 Å². The second-order valence-electron chi connectivity index (χ2n) is 7.36. The standard InChI is InChI=1S/C20H27N3O2/c1-3-4-13-25-17-7-5-16(6-8-17)19-20-18(21-23(19)14(2)24)15-9-11-22(20)12-10-15/h5-8,15,19-20H,3-4,9-13H2,1-2H3/t19-,20-/m0/s1. The Bertz CT molecular complexity index is 662. The summed E-state index contributed by atoms with van der Waals surface area (Å²) in [6.07, 6.45) is 4.56. The minimum absolute atomic E-state index is 0.000270. The third-order valence-electron chi connectivity index (χ3n) is 5.74. The second-order valence-corrected chi connectivity index (χ2v) is 7.36. The summed E-state index contributed by atoms with van der Waals surface area (Å²) in [5.41, 5.74) is 2.37. The summed E-state index contributed by atoms with van der Waals surface area (Å²) in [5.74, 6) is 1.48. The number of piperidine rings is 3. The second kappa shape index (κ2) is 6.79. The number of hydrogen-bond donors (Lipinski definition) is 0. The molecule has 0 aliphatic carbocycles. The molecule has 4 aliphatic rings. The molecule has 1 aromatic carbocycles. The molecule has 5 heteroatoms. The van der Waals surface area contributed by atoms with Crippen LogP contribution in [0.25, 0.3) is 0 Å². The van der Waals surface area contributed by atoms with Crippen molar-refractivity contribution in [1.82, 2.24) is 9.91 Å². The van der Waals surface area contributed by atoms with Gasteiger partial charge in [0.25, 0.3) is 0 Å². The lowest BCUT2D eigenvalue weighted by Crippen LogP contribution is -2.56. The van der Waals surface area contributed by atoms with E-state index in [1.807, 2.05) is 12.1 Å². The van der Waals surface area contributed by atoms with Crippen molar-refractivity contribution in [3.8, 4) is 5.75 Å². The maximum atomic E-state index is 12.2. The summed E-state index contributed by atoms with van der Waals surface area (Å²) in [5, 5.41) is 6.47. The first-order chi connectivity index (χ1) is 12.2. The van der Waals surface area contributed by atoms with E-state index in [4.69, 9.17) is 9.84 Å². The van der Waals surface area contributed by atoms with Gasteiger partial charge >= 0.3 is 0 Å². The van der Waals surface area contributed by atoms with Gasteiger partial charge in [-0.25, -0.2) is 5.01 Å². The minimum Gasteiger partial charge on any atom is -0.494 e. The summed E-state index contributed by atoms with van der Waals surface area (Å²) < 4.78 is 5.77. The fourth-order valence-electron chi connectivity index (χ4n) is 4.41. The molecule has 1 amide bonds. The summed E-state index contributed by atoms with van der Waals surface area (Å²) in [6.45, 7) is 6.77. The van der Waals surface area contributed by atoms with E-state index in [9.17, 15) is 4.79 Å². The number of nitrogens with zero attached hydrogens (tertiary/aromatic N) is 3. The van der Waals surface area contributed by atoms with Gasteiger partial charge in [0.15, 0.2) is 0 Å². The van der Waals surface area contributed by atoms with Crippen molar-refractivity contribution < 1.29 is 9.53 Å². The van der Waals surface area contributed by atoms with Gasteiger partial charge in [0.05, 0.1) is 18.4 Å². The maximum Gasteiger partial charge on any atom is 0.240 e. The Labute approximate surface area is 149 Å². The number of rotatable bonds is 5. The molecule has 0 unspecified atom stereocenters. The molecule has 0 saturated carbocycles. The largest absolute Gasteiger partial charge is 0.494 e. The van der Waals surface area contributed by atoms with Gasteiger partial charge in [-0.2, -0.15) is 5.10 Å². The Kier molecular flexibility index (Phi) is 4.50. The summed E-state index contributed by atoms with van der Waals surface area (Å²) >= 11 is 0. The van der Waals surface area contributed by atoms with E-state index in [1.54, 1.807) is 11.9 Å². The highest BCUT2D eigenvalue weighted by Crippen LogP contribution is 2.43. The van der Waals surface area contributed by atoms with Crippen LogP contribution in [0.3, 0.4) is 0 Å². The molecule has 1 aromatic rings. The third kappa shape index (κ3) is 2.95. The number of benzene rings is 1. The van der Waals surface area contributed by atoms with Crippen LogP contribution in [0.4, 0.5) is 0 Å². The van der Waals surface area contributed by atoms with E-state index in [-0.39, 0.29) is 18.0 Å². The van der Waals surface area contributed by atoms with E-state index in [1.165, 1.54) is 18.6 Å². The number of fused-ring (bicyclic) bond motifs is 2. The average Bonchev–Trinajstić information content (AvgIpc) is 3.07. The quantitative estimate of drug-likeness (QED) is 0.773. The van der Waals surface area contributed by atoms with Gasteiger partial charge in [-0.1, -0.05) is 25.5 Å². The van der Waals surface area contributed by atoms with Gasteiger partial charge in [-0.15, -0.1) is 0 Å². The molecular formula is C20H27N3O2. The van der Waals surface area contributed by atoms with Crippen molar-refractivity contribution in [2.75, 3.05) is 19.7 Å². The molecule has 3 fully saturated rings. The normalized spacial score (nSPS) is 30.2. The summed E-state index contributed by atoms with van der Waals surface area (Å²) in [4.78, 5) is 14.7. The number of unbranched alkanes of at least 4 members (excludes halogenated alkanes) is 1. The monoisotopic (exact) mass is 341 g/mol. The molecule has 25 heavy (non-hydrogen) atoms. The van der Waals surface area contributed by atoms with E-state index in [2.05, 4.69) is 24.0 Å². The Balaban J connectivity index is 1.58. The first kappa shape index (κ1) is 16.6. The van der Waals surface area contributed by atoms with Crippen LogP contribution in [-0.2, 0) is 4.79 Å². The van der Waals surface area contributed by atoms with Gasteiger partial charge in [-0.3, -0.25) is 9.69 Å². The SMILES string of the molecule is CCCCOc1ccc([C@H]2[C@@H]3C(=NN2C(C)=O)C2CCN3CC2)cc1. The highest BCUT2D eigenvalue weighted by Gasteiger charge is 2.50. The number of amides is 1. The first-order valence-corrected chi connectivity index (χ1v) is 9.54. The van der Waals surface area contributed by atoms with Crippen molar-refractivity contribution in [3.63, 3.8) is 0 Å². The zero-order chi connectivity index (χ0) is 17.4. The summed E-state index contributed by atoms with van der Waals surface area (Å²) in [6, 6.07) is 8.51. The molecule has 0 aromatic heterocycles. The predicted octanol–water partition coefficient (Wildman–Crippen LogP) is 3.22. The number of hydrazone groups is 1. The number of hydrogen-bond acceptors (Lipinski definition) is 4. The Morgan fingerprint density at radius 1 is 1.20 bits per heavy atom. The van der Waals surface area contributed by atoms with E-state index < -0.39 is 0 Å². The van der Waals surface area contributed by atoms with Crippen molar-refractivity contribution in [2.24, 2.45) is 11.0 Å². The lowest BCUT2D eigenvalue weighted by Gasteiger charge is -2.46. The van der Waals surface area contributed by atoms with Crippen LogP contribution in [-0.4, -0.2) is 47.3 Å². The van der Waals surface area contributed by atoms with Crippen molar-refractivity contribution in [2.45, 2.75) is 51.6 Å². The van der Waals surface area contributed by atoms with Crippen molar-refractivity contribution in [1.29, 1.82) is 0 Å². The molecule has 2 atom stereocenters. The van der Waals surface area contributed by atoms with Crippen LogP contribution in [0, 0.1) is 5.92 Å². The Hall–Kier alpha value is -1.88. The molecule has 134 valence electrons. The number of carbonyl (C=O) groups is 1. The van der Waals surface area contributed by atoms with E-state index in [0.29, 0.717) is 5.92 Å². The van der Waals surface area contributed by atoms with E-state index in [0.717, 1.165) is 43.9 Å². The molecule has 4 aliphatic heterocycles. The molecule has 2 bridgehead atoms. The fourth-order valence-corrected chi connectivity index (χ4v) is 4.41. The fraction of sp³-hybridized carbons (Fsp3) is 0.600. The zero-order valence-corrected chi connectivity index (χ0v) is 15.1. The zero-order valence-electron chi connectivity index (χ0n) is 15.1. The topological polar surface area (TPSA) is 45.1 Å². The van der Waals surface area contributed by atoms with Gasteiger partial charge in [0.2, 0.25) is 5.91 Å². The highest BCUT2D eigenvalue weighted by molar-refractivity contribution is 5.97. The average molecular weight is 341 g/mol. The number of ether oxygens (including phenoxy) is 1. The van der Waals surface area contributed by atoms with Crippen LogP contribution >= 0.6 is 0 Å². The van der Waals surface area contributed by atoms with Gasteiger partial charge in [0.1, 0.15) is 11.8 Å². The minimum atomic E-state index is 0.000270. The Morgan fingerprint density at radius 2 is 1.92 bits per heavy atom. The summed E-state index contributed by atoms with van der Waals surface area (Å²) in [7, 11) is 0. The molecule has 5 rings (SSSR count). The van der Waals surface area contributed by atoms with Crippen LogP contribution < -0.4 is 4.74 Å². The molecule has 0 spiro atoms. The lowest BCUT2D eigenvalue weighted by molar-refractivity contribution is -0.131. The van der Waals surface area contributed by atoms with Crippen LogP contribution in [0.15, 0.2) is 29.4 Å². The van der Waals surface area contributed by atoms with Crippen LogP contribution in [0.5, 0.6) is 5.75 Å². The van der Waals surface area contributed by atoms with Gasteiger partial charge in [-0.05, 0) is 50.0 Å². The molecular weight excluding hydrogens is 314 g/mol. The van der Waals surface area contributed by atoms with Gasteiger partial charge in [0, 0.05) is 12.8 Å².